The van der Waals surface area contributed by atoms with Crippen LogP contribution in [0, 0.1) is 0 Å². The van der Waals surface area contributed by atoms with Crippen LogP contribution in [0.1, 0.15) is 32.1 Å². The number of carbonyl (C=O) groups excluding carboxylic acids is 1. The second-order valence-electron chi connectivity index (χ2n) is 4.26. The van der Waals surface area contributed by atoms with Gasteiger partial charge in [0.25, 0.3) is 0 Å². The third-order valence-corrected chi connectivity index (χ3v) is 5.63. The Hall–Kier alpha value is 0.300. The van der Waals surface area contributed by atoms with Gasteiger partial charge in [0.2, 0.25) is 5.91 Å². The number of hydrogen-bond acceptors (Lipinski definition) is 2. The van der Waals surface area contributed by atoms with Gasteiger partial charge < -0.3 is 5.32 Å². The lowest BCUT2D eigenvalue weighted by Crippen LogP contribution is -2.56. The highest BCUT2D eigenvalue weighted by molar-refractivity contribution is 9.09. The van der Waals surface area contributed by atoms with Gasteiger partial charge in [0.05, 0.1) is 5.25 Å². The Morgan fingerprint density at radius 1 is 1.50 bits per heavy atom. The number of thioether (sulfide) groups is 1. The zero-order valence-corrected chi connectivity index (χ0v) is 10.6. The van der Waals surface area contributed by atoms with Crippen molar-refractivity contribution >= 4 is 33.6 Å². The third kappa shape index (κ3) is 2.11. The van der Waals surface area contributed by atoms with E-state index in [0.29, 0.717) is 0 Å². The summed E-state index contributed by atoms with van der Waals surface area (Å²) in [7, 11) is 0. The molecule has 4 heteroatoms. The van der Waals surface area contributed by atoms with Crippen molar-refractivity contribution in [2.45, 2.75) is 42.9 Å². The molecule has 2 fully saturated rings. The van der Waals surface area contributed by atoms with E-state index in [2.05, 4.69) is 21.2 Å². The standard InChI is InChI=1S/C10H16BrNOS/c11-7-10(4-2-5-10)12-9(13)8-3-1-6-14-8/h8H,1-7H2,(H,12,13). The molecule has 0 bridgehead atoms. The van der Waals surface area contributed by atoms with E-state index in [1.807, 2.05) is 11.8 Å². The van der Waals surface area contributed by atoms with Crippen molar-refractivity contribution in [3.63, 3.8) is 0 Å². The number of amides is 1. The summed E-state index contributed by atoms with van der Waals surface area (Å²) in [5.74, 6) is 1.42. The van der Waals surface area contributed by atoms with E-state index in [1.54, 1.807) is 0 Å². The molecule has 1 atom stereocenters. The molecule has 1 heterocycles. The van der Waals surface area contributed by atoms with Crippen molar-refractivity contribution in [2.75, 3.05) is 11.1 Å². The van der Waals surface area contributed by atoms with E-state index >= 15 is 0 Å². The van der Waals surface area contributed by atoms with Crippen LogP contribution in [-0.4, -0.2) is 27.8 Å². The summed E-state index contributed by atoms with van der Waals surface area (Å²) in [6, 6.07) is 0. The summed E-state index contributed by atoms with van der Waals surface area (Å²) in [6.45, 7) is 0. The molecule has 1 amide bonds. The van der Waals surface area contributed by atoms with Crippen LogP contribution < -0.4 is 5.32 Å². The van der Waals surface area contributed by atoms with Crippen LogP contribution in [0.2, 0.25) is 0 Å². The Balaban J connectivity index is 1.86. The Morgan fingerprint density at radius 3 is 2.71 bits per heavy atom. The van der Waals surface area contributed by atoms with Crippen molar-refractivity contribution in [3.05, 3.63) is 0 Å². The van der Waals surface area contributed by atoms with Gasteiger partial charge >= 0.3 is 0 Å². The minimum Gasteiger partial charge on any atom is -0.349 e. The van der Waals surface area contributed by atoms with Crippen molar-refractivity contribution in [3.8, 4) is 0 Å². The molecule has 1 aliphatic heterocycles. The molecule has 2 aliphatic rings. The molecule has 2 rings (SSSR count). The number of halogens is 1. The molecule has 80 valence electrons. The molecule has 0 aromatic rings. The quantitative estimate of drug-likeness (QED) is 0.803. The summed E-state index contributed by atoms with van der Waals surface area (Å²) in [5.41, 5.74) is 0.0975. The molecule has 1 saturated carbocycles. The second kappa shape index (κ2) is 4.44. The lowest BCUT2D eigenvalue weighted by molar-refractivity contribution is -0.123. The van der Waals surface area contributed by atoms with Gasteiger partial charge in [-0.15, -0.1) is 11.8 Å². The van der Waals surface area contributed by atoms with E-state index in [1.165, 1.54) is 12.8 Å². The molecule has 2 nitrogen and oxygen atoms in total. The fraction of sp³-hybridized carbons (Fsp3) is 0.900. The highest BCUT2D eigenvalue weighted by Crippen LogP contribution is 2.35. The van der Waals surface area contributed by atoms with Gasteiger partial charge in [-0.1, -0.05) is 15.9 Å². The van der Waals surface area contributed by atoms with E-state index < -0.39 is 0 Å². The molecule has 0 spiro atoms. The van der Waals surface area contributed by atoms with Crippen molar-refractivity contribution in [1.29, 1.82) is 0 Å². The van der Waals surface area contributed by atoms with Gasteiger partial charge in [-0.25, -0.2) is 0 Å². The lowest BCUT2D eigenvalue weighted by atomic mass is 9.78. The highest BCUT2D eigenvalue weighted by atomic mass is 79.9. The first-order chi connectivity index (χ1) is 6.76. The van der Waals surface area contributed by atoms with E-state index in [0.717, 1.165) is 30.3 Å². The van der Waals surface area contributed by atoms with Crippen LogP contribution in [-0.2, 0) is 4.79 Å². The molecular formula is C10H16BrNOS. The highest BCUT2D eigenvalue weighted by Gasteiger charge is 2.39. The second-order valence-corrected chi connectivity index (χ2v) is 6.13. The third-order valence-electron chi connectivity index (χ3n) is 3.18. The summed E-state index contributed by atoms with van der Waals surface area (Å²) >= 11 is 5.31. The van der Waals surface area contributed by atoms with Gasteiger partial charge in [-0.2, -0.15) is 0 Å². The Morgan fingerprint density at radius 2 is 2.29 bits per heavy atom. The molecule has 0 aromatic carbocycles. The fourth-order valence-electron chi connectivity index (χ4n) is 2.02. The maximum Gasteiger partial charge on any atom is 0.233 e. The normalized spacial score (nSPS) is 29.6. The van der Waals surface area contributed by atoms with Gasteiger partial charge in [0.15, 0.2) is 0 Å². The van der Waals surface area contributed by atoms with Crippen LogP contribution in [0.5, 0.6) is 0 Å². The first-order valence-corrected chi connectivity index (χ1v) is 7.42. The molecule has 1 aliphatic carbocycles. The van der Waals surface area contributed by atoms with Crippen LogP contribution in [0.4, 0.5) is 0 Å². The maximum absolute atomic E-state index is 11.9. The monoisotopic (exact) mass is 277 g/mol. The number of carbonyl (C=O) groups is 1. The molecular weight excluding hydrogens is 262 g/mol. The van der Waals surface area contributed by atoms with Crippen LogP contribution in [0.25, 0.3) is 0 Å². The zero-order valence-electron chi connectivity index (χ0n) is 8.22. The average molecular weight is 278 g/mol. The molecule has 1 unspecified atom stereocenters. The van der Waals surface area contributed by atoms with E-state index in [9.17, 15) is 4.79 Å². The summed E-state index contributed by atoms with van der Waals surface area (Å²) in [4.78, 5) is 11.9. The minimum atomic E-state index is 0.0975. The first kappa shape index (κ1) is 10.8. The topological polar surface area (TPSA) is 29.1 Å². The van der Waals surface area contributed by atoms with Gasteiger partial charge in [0.1, 0.15) is 0 Å². The number of rotatable bonds is 3. The maximum atomic E-state index is 11.9. The Kier molecular flexibility index (Phi) is 3.42. The number of alkyl halides is 1. The van der Waals surface area contributed by atoms with E-state index in [4.69, 9.17) is 0 Å². The Bertz CT molecular complexity index is 219. The van der Waals surface area contributed by atoms with Crippen molar-refractivity contribution in [2.24, 2.45) is 0 Å². The summed E-state index contributed by atoms with van der Waals surface area (Å²) in [6.07, 6.45) is 5.80. The first-order valence-electron chi connectivity index (χ1n) is 5.25. The van der Waals surface area contributed by atoms with Crippen LogP contribution in [0.15, 0.2) is 0 Å². The smallest absolute Gasteiger partial charge is 0.233 e. The van der Waals surface area contributed by atoms with Crippen LogP contribution in [0.3, 0.4) is 0 Å². The molecule has 0 radical (unpaired) electrons. The van der Waals surface area contributed by atoms with Gasteiger partial charge in [0, 0.05) is 10.9 Å². The summed E-state index contributed by atoms with van der Waals surface area (Å²) < 4.78 is 0. The molecule has 14 heavy (non-hydrogen) atoms. The Labute approximate surface area is 97.7 Å². The predicted molar refractivity (Wildman–Crippen MR) is 64.0 cm³/mol. The minimum absolute atomic E-state index is 0.0975. The largest absolute Gasteiger partial charge is 0.349 e. The average Bonchev–Trinajstić information content (AvgIpc) is 2.63. The molecule has 1 N–H and O–H groups in total. The number of hydrogen-bond donors (Lipinski definition) is 1. The van der Waals surface area contributed by atoms with Gasteiger partial charge in [-0.05, 0) is 37.9 Å². The van der Waals surface area contributed by atoms with E-state index in [-0.39, 0.29) is 16.7 Å². The SMILES string of the molecule is O=C(NC1(CBr)CCC1)C1CCCS1. The van der Waals surface area contributed by atoms with Gasteiger partial charge in [-0.3, -0.25) is 4.79 Å². The zero-order chi connectivity index (χ0) is 10.0. The molecule has 1 saturated heterocycles. The van der Waals surface area contributed by atoms with Crippen molar-refractivity contribution in [1.82, 2.24) is 5.32 Å². The lowest BCUT2D eigenvalue weighted by Gasteiger charge is -2.41. The number of nitrogens with one attached hydrogen (secondary N) is 1. The molecule has 0 aromatic heterocycles. The summed E-state index contributed by atoms with van der Waals surface area (Å²) in [5, 5.41) is 4.35. The predicted octanol–water partition coefficient (Wildman–Crippen LogP) is 2.32. The fourth-order valence-corrected chi connectivity index (χ4v) is 3.88. The van der Waals surface area contributed by atoms with Crippen LogP contribution >= 0.6 is 27.7 Å². The van der Waals surface area contributed by atoms with Crippen molar-refractivity contribution < 1.29 is 4.79 Å².